The average Bonchev–Trinajstić information content (AvgIpc) is 2.87. The number of carboxylic acid groups (broad SMARTS) is 1. The van der Waals surface area contributed by atoms with Crippen LogP contribution in [0.4, 0.5) is 0 Å². The number of thiophene rings is 1. The highest BCUT2D eigenvalue weighted by molar-refractivity contribution is 7.14. The fraction of sp³-hybridized carbons (Fsp3) is 0.625. The Kier molecular flexibility index (Phi) is 4.71. The molecule has 4 nitrogen and oxygen atoms in total. The van der Waals surface area contributed by atoms with Gasteiger partial charge in [-0.1, -0.05) is 13.8 Å². The minimum atomic E-state index is -0.779. The van der Waals surface area contributed by atoms with Gasteiger partial charge in [0, 0.05) is 18.0 Å². The van der Waals surface area contributed by atoms with Gasteiger partial charge in [0.2, 0.25) is 0 Å². The van der Waals surface area contributed by atoms with Gasteiger partial charge in [0.25, 0.3) is 5.91 Å². The highest BCUT2D eigenvalue weighted by Gasteiger charge is 2.42. The summed E-state index contributed by atoms with van der Waals surface area (Å²) in [5, 5.41) is 9.51. The van der Waals surface area contributed by atoms with Gasteiger partial charge in [0.1, 0.15) is 0 Å². The van der Waals surface area contributed by atoms with Crippen LogP contribution in [0.1, 0.15) is 53.2 Å². The van der Waals surface area contributed by atoms with Gasteiger partial charge in [0.15, 0.2) is 0 Å². The number of aryl methyl sites for hydroxylation is 2. The van der Waals surface area contributed by atoms with Crippen LogP contribution < -0.4 is 0 Å². The molecule has 0 bridgehead atoms. The van der Waals surface area contributed by atoms with E-state index < -0.39 is 11.4 Å². The van der Waals surface area contributed by atoms with E-state index in [0.717, 1.165) is 23.3 Å². The molecule has 1 unspecified atom stereocenters. The number of carbonyl (C=O) groups is 2. The number of rotatable bonds is 4. The number of likely N-dealkylation sites (tertiary alicyclic amines) is 1. The van der Waals surface area contributed by atoms with E-state index in [-0.39, 0.29) is 5.91 Å². The predicted octanol–water partition coefficient (Wildman–Crippen LogP) is 3.34. The van der Waals surface area contributed by atoms with E-state index in [1.807, 2.05) is 19.9 Å². The Morgan fingerprint density at radius 1 is 1.43 bits per heavy atom. The zero-order valence-electron chi connectivity index (χ0n) is 12.9. The van der Waals surface area contributed by atoms with Gasteiger partial charge in [-0.3, -0.25) is 9.59 Å². The third kappa shape index (κ3) is 2.98. The number of carbonyl (C=O) groups excluding carboxylic acids is 1. The summed E-state index contributed by atoms with van der Waals surface area (Å²) in [6, 6.07) is 1.94. The van der Waals surface area contributed by atoms with Gasteiger partial charge >= 0.3 is 5.97 Å². The summed E-state index contributed by atoms with van der Waals surface area (Å²) >= 11 is 1.54. The molecule has 0 aromatic carbocycles. The zero-order chi connectivity index (χ0) is 15.6. The van der Waals surface area contributed by atoms with Crippen molar-refractivity contribution in [1.82, 2.24) is 4.90 Å². The number of hydrogen-bond acceptors (Lipinski definition) is 3. The van der Waals surface area contributed by atoms with Gasteiger partial charge in [-0.25, -0.2) is 0 Å². The molecule has 1 aliphatic heterocycles. The highest BCUT2D eigenvalue weighted by Crippen LogP contribution is 2.35. The molecule has 5 heteroatoms. The van der Waals surface area contributed by atoms with Gasteiger partial charge in [-0.15, -0.1) is 11.3 Å². The average molecular weight is 309 g/mol. The number of nitrogens with zero attached hydrogens (tertiary/aromatic N) is 1. The molecule has 0 radical (unpaired) electrons. The third-order valence-electron chi connectivity index (χ3n) is 4.55. The third-order valence-corrected chi connectivity index (χ3v) is 5.92. The molecule has 1 aliphatic rings. The first-order valence-electron chi connectivity index (χ1n) is 7.55. The summed E-state index contributed by atoms with van der Waals surface area (Å²) in [7, 11) is 0. The Labute approximate surface area is 129 Å². The summed E-state index contributed by atoms with van der Waals surface area (Å²) < 4.78 is 0. The van der Waals surface area contributed by atoms with Crippen molar-refractivity contribution in [1.29, 1.82) is 0 Å². The van der Waals surface area contributed by atoms with Gasteiger partial charge in [-0.05, 0) is 44.2 Å². The molecule has 116 valence electrons. The molecular formula is C16H23NO3S. The standard InChI is InChI=1S/C16H23NO3S/c1-4-12-11(3)9-13(21-12)14(18)17-8-6-7-16(5-2,10-17)15(19)20/h9H,4-8,10H2,1-3H3,(H,19,20). The van der Waals surface area contributed by atoms with Crippen LogP contribution in [-0.4, -0.2) is 35.0 Å². The van der Waals surface area contributed by atoms with E-state index in [1.165, 1.54) is 16.2 Å². The Balaban J connectivity index is 2.20. The molecule has 1 atom stereocenters. The van der Waals surface area contributed by atoms with E-state index >= 15 is 0 Å². The van der Waals surface area contributed by atoms with Crippen LogP contribution >= 0.6 is 11.3 Å². The smallest absolute Gasteiger partial charge is 0.311 e. The first-order chi connectivity index (χ1) is 9.93. The maximum absolute atomic E-state index is 12.7. The zero-order valence-corrected chi connectivity index (χ0v) is 13.8. The Morgan fingerprint density at radius 3 is 2.67 bits per heavy atom. The summed E-state index contributed by atoms with van der Waals surface area (Å²) in [5.74, 6) is -0.791. The number of aliphatic carboxylic acids is 1. The first-order valence-corrected chi connectivity index (χ1v) is 8.37. The van der Waals surface area contributed by atoms with Crippen molar-refractivity contribution in [3.63, 3.8) is 0 Å². The lowest BCUT2D eigenvalue weighted by atomic mass is 9.77. The summed E-state index contributed by atoms with van der Waals surface area (Å²) in [4.78, 5) is 27.9. The molecule has 1 aromatic rings. The Bertz CT molecular complexity index is 552. The topological polar surface area (TPSA) is 57.6 Å². The minimum Gasteiger partial charge on any atom is -0.481 e. The van der Waals surface area contributed by atoms with Gasteiger partial charge in [-0.2, -0.15) is 0 Å². The molecule has 1 saturated heterocycles. The largest absolute Gasteiger partial charge is 0.481 e. The minimum absolute atomic E-state index is 0.0124. The molecule has 21 heavy (non-hydrogen) atoms. The molecule has 0 saturated carbocycles. The summed E-state index contributed by atoms with van der Waals surface area (Å²) in [6.07, 6.45) is 2.91. The molecule has 2 heterocycles. The lowest BCUT2D eigenvalue weighted by molar-refractivity contribution is -0.152. The van der Waals surface area contributed by atoms with Crippen LogP contribution in [0.15, 0.2) is 6.07 Å². The Hall–Kier alpha value is -1.36. The molecule has 1 aromatic heterocycles. The summed E-state index contributed by atoms with van der Waals surface area (Å²) in [5.41, 5.74) is 0.385. The van der Waals surface area contributed by atoms with Crippen LogP contribution in [0.2, 0.25) is 0 Å². The monoisotopic (exact) mass is 309 g/mol. The van der Waals surface area contributed by atoms with Crippen molar-refractivity contribution in [3.05, 3.63) is 21.4 Å². The SMILES string of the molecule is CCc1sc(C(=O)N2CCCC(CC)(C(=O)O)C2)cc1C. The van der Waals surface area contributed by atoms with E-state index in [2.05, 4.69) is 6.92 Å². The van der Waals surface area contributed by atoms with Crippen LogP contribution in [0.5, 0.6) is 0 Å². The summed E-state index contributed by atoms with van der Waals surface area (Å²) in [6.45, 7) is 6.99. The number of amides is 1. The highest BCUT2D eigenvalue weighted by atomic mass is 32.1. The molecule has 1 N–H and O–H groups in total. The van der Waals surface area contributed by atoms with Crippen molar-refractivity contribution in [2.75, 3.05) is 13.1 Å². The van der Waals surface area contributed by atoms with E-state index in [0.29, 0.717) is 25.9 Å². The first kappa shape index (κ1) is 16.0. The van der Waals surface area contributed by atoms with E-state index in [4.69, 9.17) is 0 Å². The normalized spacial score (nSPS) is 22.3. The second-order valence-corrected chi connectivity index (χ2v) is 6.98. The van der Waals surface area contributed by atoms with Crippen LogP contribution in [0, 0.1) is 12.3 Å². The van der Waals surface area contributed by atoms with Gasteiger partial charge in [0.05, 0.1) is 10.3 Å². The quantitative estimate of drug-likeness (QED) is 0.928. The van der Waals surface area contributed by atoms with Crippen molar-refractivity contribution in [2.24, 2.45) is 5.41 Å². The fourth-order valence-electron chi connectivity index (χ4n) is 3.05. The maximum Gasteiger partial charge on any atom is 0.311 e. The lowest BCUT2D eigenvalue weighted by Gasteiger charge is -2.39. The second kappa shape index (κ2) is 6.18. The maximum atomic E-state index is 12.7. The fourth-order valence-corrected chi connectivity index (χ4v) is 4.13. The second-order valence-electron chi connectivity index (χ2n) is 5.84. The number of piperidine rings is 1. The van der Waals surface area contributed by atoms with Crippen molar-refractivity contribution in [2.45, 2.75) is 46.5 Å². The molecule has 1 amide bonds. The molecule has 0 aliphatic carbocycles. The molecular weight excluding hydrogens is 286 g/mol. The van der Waals surface area contributed by atoms with Crippen molar-refractivity contribution < 1.29 is 14.7 Å². The van der Waals surface area contributed by atoms with E-state index in [9.17, 15) is 14.7 Å². The lowest BCUT2D eigenvalue weighted by Crippen LogP contribution is -2.49. The van der Waals surface area contributed by atoms with E-state index in [1.54, 1.807) is 4.90 Å². The number of carboxylic acids is 1. The van der Waals surface area contributed by atoms with Crippen molar-refractivity contribution >= 4 is 23.2 Å². The Morgan fingerprint density at radius 2 is 2.14 bits per heavy atom. The molecule has 1 fully saturated rings. The predicted molar refractivity (Wildman–Crippen MR) is 83.9 cm³/mol. The van der Waals surface area contributed by atoms with Gasteiger partial charge < -0.3 is 10.0 Å². The van der Waals surface area contributed by atoms with Crippen LogP contribution in [0.3, 0.4) is 0 Å². The van der Waals surface area contributed by atoms with Crippen LogP contribution in [-0.2, 0) is 11.2 Å². The van der Waals surface area contributed by atoms with Crippen LogP contribution in [0.25, 0.3) is 0 Å². The number of hydrogen-bond donors (Lipinski definition) is 1. The molecule has 2 rings (SSSR count). The van der Waals surface area contributed by atoms with Crippen molar-refractivity contribution in [3.8, 4) is 0 Å². The molecule has 0 spiro atoms.